The van der Waals surface area contributed by atoms with E-state index in [1.807, 2.05) is 31.2 Å². The van der Waals surface area contributed by atoms with Gasteiger partial charge in [-0.05, 0) is 55.0 Å². The first-order valence-corrected chi connectivity index (χ1v) is 9.22. The summed E-state index contributed by atoms with van der Waals surface area (Å²) in [6.07, 6.45) is 0. The van der Waals surface area contributed by atoms with Gasteiger partial charge in [0.1, 0.15) is 17.1 Å². The minimum atomic E-state index is -0.437. The Kier molecular flexibility index (Phi) is 5.18. The lowest BCUT2D eigenvalue weighted by atomic mass is 10.2. The zero-order valence-corrected chi connectivity index (χ0v) is 16.2. The second-order valence-electron chi connectivity index (χ2n) is 6.43. The summed E-state index contributed by atoms with van der Waals surface area (Å²) in [5.41, 5.74) is 3.06. The molecule has 7 heteroatoms. The fourth-order valence-corrected chi connectivity index (χ4v) is 3.09. The maximum Gasteiger partial charge on any atom is 0.262 e. The summed E-state index contributed by atoms with van der Waals surface area (Å²) in [5.74, 6) is 0.206. The van der Waals surface area contributed by atoms with E-state index in [0.717, 1.165) is 5.56 Å². The fourth-order valence-electron chi connectivity index (χ4n) is 2.84. The van der Waals surface area contributed by atoms with Crippen LogP contribution in [0, 0.1) is 12.7 Å². The third kappa shape index (κ3) is 4.22. The van der Waals surface area contributed by atoms with Crippen LogP contribution < -0.4 is 10.1 Å². The summed E-state index contributed by atoms with van der Waals surface area (Å²) in [7, 11) is 0. The molecule has 0 radical (unpaired) electrons. The third-order valence-corrected chi connectivity index (χ3v) is 4.60. The number of nitrogens with zero attached hydrogens (tertiary/aromatic N) is 1. The number of carbonyl (C=O) groups is 1. The van der Waals surface area contributed by atoms with Gasteiger partial charge in [-0.25, -0.2) is 9.37 Å². The number of aromatic nitrogens is 1. The van der Waals surface area contributed by atoms with Crippen LogP contribution in [0.3, 0.4) is 0 Å². The van der Waals surface area contributed by atoms with E-state index >= 15 is 0 Å². The number of carbonyl (C=O) groups excluding carboxylic acids is 1. The molecule has 0 saturated carbocycles. The highest BCUT2D eigenvalue weighted by Gasteiger charge is 2.13. The number of fused-ring (bicyclic) bond motifs is 1. The normalized spacial score (nSPS) is 10.9. The van der Waals surface area contributed by atoms with E-state index in [1.54, 1.807) is 18.2 Å². The van der Waals surface area contributed by atoms with Crippen LogP contribution in [0.5, 0.6) is 5.75 Å². The van der Waals surface area contributed by atoms with Crippen molar-refractivity contribution < 1.29 is 18.3 Å². The summed E-state index contributed by atoms with van der Waals surface area (Å²) < 4.78 is 24.5. The molecule has 0 fully saturated rings. The topological polar surface area (TPSA) is 64.4 Å². The molecule has 5 nitrogen and oxygen atoms in total. The Bertz CT molecular complexity index is 1210. The molecule has 1 aromatic heterocycles. The number of para-hydroxylation sites is 1. The van der Waals surface area contributed by atoms with Crippen LogP contribution in [0.15, 0.2) is 65.1 Å². The summed E-state index contributed by atoms with van der Waals surface area (Å²) in [6, 6.07) is 16.6. The number of ether oxygens (including phenoxy) is 1. The number of halogens is 2. The maximum atomic E-state index is 13.2. The number of amides is 1. The van der Waals surface area contributed by atoms with Gasteiger partial charge in [-0.3, -0.25) is 4.79 Å². The molecule has 29 heavy (non-hydrogen) atoms. The minimum absolute atomic E-state index is 0.113. The third-order valence-electron chi connectivity index (χ3n) is 4.29. The van der Waals surface area contributed by atoms with Crippen LogP contribution in [-0.2, 0) is 4.79 Å². The number of benzene rings is 3. The molecule has 0 aliphatic carbocycles. The van der Waals surface area contributed by atoms with Gasteiger partial charge in [0, 0.05) is 5.69 Å². The molecule has 0 aliphatic heterocycles. The van der Waals surface area contributed by atoms with E-state index in [4.69, 9.17) is 20.8 Å². The van der Waals surface area contributed by atoms with Crippen molar-refractivity contribution in [3.63, 3.8) is 0 Å². The molecular formula is C22H16ClFN2O3. The molecule has 0 saturated heterocycles. The van der Waals surface area contributed by atoms with E-state index in [1.165, 1.54) is 18.2 Å². The van der Waals surface area contributed by atoms with Crippen LogP contribution in [0.4, 0.5) is 10.1 Å². The van der Waals surface area contributed by atoms with E-state index in [2.05, 4.69) is 10.3 Å². The number of anilines is 1. The summed E-state index contributed by atoms with van der Waals surface area (Å²) in [4.78, 5) is 16.6. The van der Waals surface area contributed by atoms with Crippen LogP contribution in [-0.4, -0.2) is 17.5 Å². The molecule has 4 rings (SSSR count). The van der Waals surface area contributed by atoms with E-state index in [-0.39, 0.29) is 23.4 Å². The SMILES string of the molecule is Cc1ccccc1OCC(=O)Nc1ccc2oc(-c3ccc(F)cc3Cl)nc2c1. The quantitative estimate of drug-likeness (QED) is 0.464. The first-order chi connectivity index (χ1) is 14.0. The first kappa shape index (κ1) is 19.0. The zero-order valence-electron chi connectivity index (χ0n) is 15.4. The Morgan fingerprint density at radius 1 is 1.17 bits per heavy atom. The molecule has 0 aliphatic rings. The highest BCUT2D eigenvalue weighted by molar-refractivity contribution is 6.33. The van der Waals surface area contributed by atoms with Gasteiger partial charge in [0.05, 0.1) is 10.6 Å². The predicted molar refractivity (Wildman–Crippen MR) is 110 cm³/mol. The molecule has 0 bridgehead atoms. The minimum Gasteiger partial charge on any atom is -0.483 e. The Labute approximate surface area is 171 Å². The van der Waals surface area contributed by atoms with Gasteiger partial charge < -0.3 is 14.5 Å². The highest BCUT2D eigenvalue weighted by atomic mass is 35.5. The lowest BCUT2D eigenvalue weighted by molar-refractivity contribution is -0.118. The first-order valence-electron chi connectivity index (χ1n) is 8.84. The Morgan fingerprint density at radius 3 is 2.79 bits per heavy atom. The smallest absolute Gasteiger partial charge is 0.262 e. The van der Waals surface area contributed by atoms with Crippen molar-refractivity contribution >= 4 is 34.3 Å². The van der Waals surface area contributed by atoms with Gasteiger partial charge in [-0.15, -0.1) is 0 Å². The number of hydrogen-bond acceptors (Lipinski definition) is 4. The number of hydrogen-bond donors (Lipinski definition) is 1. The Balaban J connectivity index is 1.49. The fraction of sp³-hybridized carbons (Fsp3) is 0.0909. The van der Waals surface area contributed by atoms with Crippen molar-refractivity contribution in [1.29, 1.82) is 0 Å². The number of oxazole rings is 1. The van der Waals surface area contributed by atoms with Gasteiger partial charge >= 0.3 is 0 Å². The summed E-state index contributed by atoms with van der Waals surface area (Å²) in [6.45, 7) is 1.80. The van der Waals surface area contributed by atoms with Crippen LogP contribution in [0.25, 0.3) is 22.6 Å². The molecule has 3 aromatic carbocycles. The molecule has 1 amide bonds. The molecule has 1 N–H and O–H groups in total. The van der Waals surface area contributed by atoms with Crippen molar-refractivity contribution in [3.8, 4) is 17.2 Å². The van der Waals surface area contributed by atoms with E-state index < -0.39 is 5.82 Å². The Hall–Kier alpha value is -3.38. The summed E-state index contributed by atoms with van der Waals surface area (Å²) in [5, 5.41) is 2.98. The van der Waals surface area contributed by atoms with E-state index in [9.17, 15) is 9.18 Å². The Morgan fingerprint density at radius 2 is 2.00 bits per heavy atom. The standard InChI is InChI=1S/C22H16ClFN2O3/c1-13-4-2-3-5-19(13)28-12-21(27)25-15-7-9-20-18(11-15)26-22(29-20)16-8-6-14(24)10-17(16)23/h2-11H,12H2,1H3,(H,25,27). The van der Waals surface area contributed by atoms with Crippen molar-refractivity contribution in [1.82, 2.24) is 4.98 Å². The van der Waals surface area contributed by atoms with Crippen LogP contribution in [0.2, 0.25) is 5.02 Å². The predicted octanol–water partition coefficient (Wildman–Crippen LogP) is 5.61. The number of aryl methyl sites for hydroxylation is 1. The van der Waals surface area contributed by atoms with Crippen molar-refractivity contribution in [2.45, 2.75) is 6.92 Å². The van der Waals surface area contributed by atoms with Gasteiger partial charge in [0.2, 0.25) is 5.89 Å². The monoisotopic (exact) mass is 410 g/mol. The molecule has 0 spiro atoms. The number of nitrogens with one attached hydrogen (secondary N) is 1. The molecular weight excluding hydrogens is 395 g/mol. The average Bonchev–Trinajstić information content (AvgIpc) is 3.10. The van der Waals surface area contributed by atoms with Crippen molar-refractivity contribution in [2.24, 2.45) is 0 Å². The summed E-state index contributed by atoms with van der Waals surface area (Å²) >= 11 is 6.08. The van der Waals surface area contributed by atoms with E-state index in [0.29, 0.717) is 28.1 Å². The van der Waals surface area contributed by atoms with Crippen molar-refractivity contribution in [3.05, 3.63) is 77.1 Å². The molecule has 0 atom stereocenters. The van der Waals surface area contributed by atoms with Crippen LogP contribution in [0.1, 0.15) is 5.56 Å². The van der Waals surface area contributed by atoms with Gasteiger partial charge in [0.25, 0.3) is 5.91 Å². The van der Waals surface area contributed by atoms with Crippen molar-refractivity contribution in [2.75, 3.05) is 11.9 Å². The maximum absolute atomic E-state index is 13.2. The molecule has 0 unspecified atom stereocenters. The lowest BCUT2D eigenvalue weighted by Crippen LogP contribution is -2.20. The van der Waals surface area contributed by atoms with Gasteiger partial charge in [0.15, 0.2) is 12.2 Å². The molecule has 146 valence electrons. The lowest BCUT2D eigenvalue weighted by Gasteiger charge is -2.09. The second-order valence-corrected chi connectivity index (χ2v) is 6.84. The second kappa shape index (κ2) is 7.93. The zero-order chi connectivity index (χ0) is 20.4. The largest absolute Gasteiger partial charge is 0.483 e. The van der Waals surface area contributed by atoms with Gasteiger partial charge in [-0.2, -0.15) is 0 Å². The van der Waals surface area contributed by atoms with Gasteiger partial charge in [-0.1, -0.05) is 29.8 Å². The highest BCUT2D eigenvalue weighted by Crippen LogP contribution is 2.31. The molecule has 4 aromatic rings. The molecule has 1 heterocycles. The van der Waals surface area contributed by atoms with Crippen LogP contribution >= 0.6 is 11.6 Å². The average molecular weight is 411 g/mol. The number of rotatable bonds is 5.